The lowest BCUT2D eigenvalue weighted by atomic mass is 9.86. The Morgan fingerprint density at radius 3 is 2.44 bits per heavy atom. The van der Waals surface area contributed by atoms with Gasteiger partial charge in [0.1, 0.15) is 6.07 Å². The molecule has 0 radical (unpaired) electrons. The molecule has 0 aromatic heterocycles. The number of hydrogen-bond donors (Lipinski definition) is 1. The Balaban J connectivity index is 3.18. The van der Waals surface area contributed by atoms with Gasteiger partial charge in [0.15, 0.2) is 0 Å². The van der Waals surface area contributed by atoms with Crippen molar-refractivity contribution in [3.63, 3.8) is 0 Å². The molecule has 0 aliphatic heterocycles. The molecule has 0 saturated heterocycles. The van der Waals surface area contributed by atoms with Crippen LogP contribution in [0.5, 0.6) is 0 Å². The first-order valence-electron chi connectivity index (χ1n) is 5.17. The van der Waals surface area contributed by atoms with Gasteiger partial charge in [0.05, 0.1) is 11.3 Å². The highest BCUT2D eigenvalue weighted by Crippen LogP contribution is 2.26. The van der Waals surface area contributed by atoms with E-state index in [1.165, 1.54) is 6.92 Å². The van der Waals surface area contributed by atoms with E-state index in [0.717, 1.165) is 5.56 Å². The fourth-order valence-corrected chi connectivity index (χ4v) is 1.40. The van der Waals surface area contributed by atoms with Crippen LogP contribution < -0.4 is 5.32 Å². The van der Waals surface area contributed by atoms with Gasteiger partial charge in [-0.05, 0) is 23.1 Å². The van der Waals surface area contributed by atoms with Gasteiger partial charge in [-0.3, -0.25) is 4.79 Å². The number of amides is 1. The van der Waals surface area contributed by atoms with Crippen LogP contribution in [-0.2, 0) is 10.2 Å². The summed E-state index contributed by atoms with van der Waals surface area (Å²) in [5.74, 6) is -0.167. The summed E-state index contributed by atoms with van der Waals surface area (Å²) in [5, 5.41) is 11.7. The van der Waals surface area contributed by atoms with Gasteiger partial charge >= 0.3 is 0 Å². The van der Waals surface area contributed by atoms with Crippen LogP contribution in [0.15, 0.2) is 18.2 Å². The lowest BCUT2D eigenvalue weighted by Gasteiger charge is -2.20. The first-order chi connectivity index (χ1) is 7.34. The standard InChI is InChI=1S/C13H16N2O/c1-9(16)15-12-6-5-11(13(2,3)4)7-10(12)8-14/h5-7H,1-4H3,(H,15,16). The topological polar surface area (TPSA) is 52.9 Å². The lowest BCUT2D eigenvalue weighted by molar-refractivity contribution is -0.114. The Labute approximate surface area is 96.1 Å². The van der Waals surface area contributed by atoms with Gasteiger partial charge < -0.3 is 5.32 Å². The van der Waals surface area contributed by atoms with E-state index in [9.17, 15) is 4.79 Å². The van der Waals surface area contributed by atoms with E-state index in [1.807, 2.05) is 12.1 Å². The maximum absolute atomic E-state index is 10.9. The number of hydrogen-bond acceptors (Lipinski definition) is 2. The maximum Gasteiger partial charge on any atom is 0.221 e. The number of rotatable bonds is 1. The van der Waals surface area contributed by atoms with Crippen molar-refractivity contribution in [1.29, 1.82) is 5.26 Å². The quantitative estimate of drug-likeness (QED) is 0.784. The molecular weight excluding hydrogens is 200 g/mol. The van der Waals surface area contributed by atoms with Gasteiger partial charge in [-0.2, -0.15) is 5.26 Å². The first kappa shape index (κ1) is 12.3. The van der Waals surface area contributed by atoms with E-state index >= 15 is 0 Å². The van der Waals surface area contributed by atoms with Gasteiger partial charge in [-0.1, -0.05) is 26.8 Å². The van der Waals surface area contributed by atoms with Crippen molar-refractivity contribution in [2.75, 3.05) is 5.32 Å². The van der Waals surface area contributed by atoms with Gasteiger partial charge in [0.2, 0.25) is 5.91 Å². The number of benzene rings is 1. The molecule has 1 aromatic carbocycles. The van der Waals surface area contributed by atoms with Crippen molar-refractivity contribution in [3.8, 4) is 6.07 Å². The third-order valence-corrected chi connectivity index (χ3v) is 2.32. The van der Waals surface area contributed by atoms with Crippen molar-refractivity contribution >= 4 is 11.6 Å². The maximum atomic E-state index is 10.9. The van der Waals surface area contributed by atoms with E-state index in [4.69, 9.17) is 5.26 Å². The van der Waals surface area contributed by atoms with E-state index in [-0.39, 0.29) is 11.3 Å². The Bertz CT molecular complexity index is 450. The molecule has 1 aromatic rings. The van der Waals surface area contributed by atoms with Crippen molar-refractivity contribution in [1.82, 2.24) is 0 Å². The summed E-state index contributed by atoms with van der Waals surface area (Å²) < 4.78 is 0. The fraction of sp³-hybridized carbons (Fsp3) is 0.385. The zero-order valence-electron chi connectivity index (χ0n) is 10.1. The second-order valence-corrected chi connectivity index (χ2v) is 4.80. The molecule has 0 bridgehead atoms. The number of nitrogens with zero attached hydrogens (tertiary/aromatic N) is 1. The van der Waals surface area contributed by atoms with Crippen LogP contribution in [0, 0.1) is 11.3 Å². The molecule has 0 atom stereocenters. The molecule has 3 nitrogen and oxygen atoms in total. The van der Waals surface area contributed by atoms with Crippen LogP contribution >= 0.6 is 0 Å². The molecule has 0 fully saturated rings. The van der Waals surface area contributed by atoms with E-state index < -0.39 is 0 Å². The predicted molar refractivity (Wildman–Crippen MR) is 64.2 cm³/mol. The highest BCUT2D eigenvalue weighted by atomic mass is 16.1. The summed E-state index contributed by atoms with van der Waals surface area (Å²) in [7, 11) is 0. The Hall–Kier alpha value is -1.82. The average molecular weight is 216 g/mol. The number of anilines is 1. The van der Waals surface area contributed by atoms with Crippen LogP contribution in [0.2, 0.25) is 0 Å². The molecule has 0 saturated carbocycles. The second kappa shape index (κ2) is 4.36. The summed E-state index contributed by atoms with van der Waals surface area (Å²) in [6.07, 6.45) is 0. The minimum absolute atomic E-state index is 0.000351. The summed E-state index contributed by atoms with van der Waals surface area (Å²) >= 11 is 0. The number of carbonyl (C=O) groups excluding carboxylic acids is 1. The monoisotopic (exact) mass is 216 g/mol. The summed E-state index contributed by atoms with van der Waals surface area (Å²) in [6.45, 7) is 7.68. The Morgan fingerprint density at radius 2 is 2.00 bits per heavy atom. The van der Waals surface area contributed by atoms with Crippen LogP contribution in [0.1, 0.15) is 38.8 Å². The summed E-state index contributed by atoms with van der Waals surface area (Å²) in [6, 6.07) is 7.64. The Morgan fingerprint density at radius 1 is 1.38 bits per heavy atom. The normalized spacial score (nSPS) is 10.7. The SMILES string of the molecule is CC(=O)Nc1ccc(C(C)(C)C)cc1C#N. The molecule has 0 unspecified atom stereocenters. The van der Waals surface area contributed by atoms with Crippen LogP contribution in [0.4, 0.5) is 5.69 Å². The zero-order valence-corrected chi connectivity index (χ0v) is 10.1. The smallest absolute Gasteiger partial charge is 0.221 e. The third kappa shape index (κ3) is 2.83. The van der Waals surface area contributed by atoms with E-state index in [2.05, 4.69) is 32.2 Å². The van der Waals surface area contributed by atoms with Crippen molar-refractivity contribution < 1.29 is 4.79 Å². The molecular formula is C13H16N2O. The van der Waals surface area contributed by atoms with Gasteiger partial charge in [0.25, 0.3) is 0 Å². The average Bonchev–Trinajstić information content (AvgIpc) is 2.15. The van der Waals surface area contributed by atoms with E-state index in [1.54, 1.807) is 6.07 Å². The van der Waals surface area contributed by atoms with Crippen LogP contribution in [0.3, 0.4) is 0 Å². The third-order valence-electron chi connectivity index (χ3n) is 2.32. The zero-order chi connectivity index (χ0) is 12.3. The molecule has 1 N–H and O–H groups in total. The predicted octanol–water partition coefficient (Wildman–Crippen LogP) is 2.81. The van der Waals surface area contributed by atoms with Crippen LogP contribution in [-0.4, -0.2) is 5.91 Å². The van der Waals surface area contributed by atoms with E-state index in [0.29, 0.717) is 11.3 Å². The summed E-state index contributed by atoms with van der Waals surface area (Å²) in [5.41, 5.74) is 2.16. The molecule has 0 heterocycles. The fourth-order valence-electron chi connectivity index (χ4n) is 1.40. The number of carbonyl (C=O) groups is 1. The first-order valence-corrected chi connectivity index (χ1v) is 5.17. The molecule has 3 heteroatoms. The minimum Gasteiger partial charge on any atom is -0.325 e. The second-order valence-electron chi connectivity index (χ2n) is 4.80. The molecule has 1 rings (SSSR count). The molecule has 84 valence electrons. The summed E-state index contributed by atoms with van der Waals surface area (Å²) in [4.78, 5) is 10.9. The molecule has 0 aliphatic carbocycles. The van der Waals surface area contributed by atoms with Crippen LogP contribution in [0.25, 0.3) is 0 Å². The molecule has 16 heavy (non-hydrogen) atoms. The van der Waals surface area contributed by atoms with Crippen molar-refractivity contribution in [2.24, 2.45) is 0 Å². The van der Waals surface area contributed by atoms with Crippen molar-refractivity contribution in [3.05, 3.63) is 29.3 Å². The highest BCUT2D eigenvalue weighted by Gasteiger charge is 2.15. The molecule has 0 aliphatic rings. The lowest BCUT2D eigenvalue weighted by Crippen LogP contribution is -2.13. The van der Waals surface area contributed by atoms with Gasteiger partial charge in [0, 0.05) is 6.92 Å². The number of nitriles is 1. The highest BCUT2D eigenvalue weighted by molar-refractivity contribution is 5.90. The van der Waals surface area contributed by atoms with Crippen molar-refractivity contribution in [2.45, 2.75) is 33.1 Å². The largest absolute Gasteiger partial charge is 0.325 e. The Kier molecular flexibility index (Phi) is 3.34. The molecule has 0 spiro atoms. The molecule has 1 amide bonds. The minimum atomic E-state index is -0.167. The number of nitrogens with one attached hydrogen (secondary N) is 1. The van der Waals surface area contributed by atoms with Gasteiger partial charge in [-0.25, -0.2) is 0 Å². The van der Waals surface area contributed by atoms with Gasteiger partial charge in [-0.15, -0.1) is 0 Å².